The molecular weight excluding hydrogens is 334 g/mol. The summed E-state index contributed by atoms with van der Waals surface area (Å²) in [6, 6.07) is 10.2. The van der Waals surface area contributed by atoms with Crippen LogP contribution in [0, 0.1) is 0 Å². The van der Waals surface area contributed by atoms with E-state index in [1.54, 1.807) is 6.20 Å². The first kappa shape index (κ1) is 17.9. The molecule has 0 spiro atoms. The fourth-order valence-electron chi connectivity index (χ4n) is 2.43. The summed E-state index contributed by atoms with van der Waals surface area (Å²) >= 11 is 1.49. The topological polar surface area (TPSA) is 77.2 Å². The van der Waals surface area contributed by atoms with E-state index >= 15 is 0 Å². The van der Waals surface area contributed by atoms with Crippen LogP contribution in [0.3, 0.4) is 0 Å². The van der Waals surface area contributed by atoms with Crippen LogP contribution < -0.4 is 11.1 Å². The molecule has 0 radical (unpaired) electrons. The minimum Gasteiger partial charge on any atom is -0.381 e. The molecule has 0 atom stereocenters. The van der Waals surface area contributed by atoms with Gasteiger partial charge in [-0.05, 0) is 18.4 Å². The molecule has 1 fully saturated rings. The Bertz CT molecular complexity index is 642. The van der Waals surface area contributed by atoms with Gasteiger partial charge >= 0.3 is 0 Å². The molecule has 124 valence electrons. The largest absolute Gasteiger partial charge is 0.381 e. The van der Waals surface area contributed by atoms with Gasteiger partial charge in [-0.1, -0.05) is 30.3 Å². The second-order valence-electron chi connectivity index (χ2n) is 5.52. The number of hydrogen-bond donors (Lipinski definition) is 2. The van der Waals surface area contributed by atoms with Crippen LogP contribution in [0.5, 0.6) is 0 Å². The lowest BCUT2D eigenvalue weighted by molar-refractivity contribution is -0.124. The SMILES string of the molecule is Cl.NC1(C(=O)Nc2ncc(Cc3ccccc3)s2)CCOCC1. The lowest BCUT2D eigenvalue weighted by Gasteiger charge is -2.31. The molecule has 1 aromatic carbocycles. The first-order chi connectivity index (χ1) is 10.7. The Hall–Kier alpha value is -1.47. The summed E-state index contributed by atoms with van der Waals surface area (Å²) in [4.78, 5) is 17.7. The first-order valence-corrected chi connectivity index (χ1v) is 8.14. The zero-order valence-corrected chi connectivity index (χ0v) is 14.3. The fraction of sp³-hybridized carbons (Fsp3) is 0.375. The molecule has 0 unspecified atom stereocenters. The molecule has 1 saturated heterocycles. The average Bonchev–Trinajstić information content (AvgIpc) is 2.96. The van der Waals surface area contributed by atoms with Gasteiger partial charge in [0.15, 0.2) is 5.13 Å². The number of nitrogens with one attached hydrogen (secondary N) is 1. The quantitative estimate of drug-likeness (QED) is 0.885. The van der Waals surface area contributed by atoms with E-state index in [1.807, 2.05) is 18.2 Å². The molecule has 7 heteroatoms. The van der Waals surface area contributed by atoms with Crippen molar-refractivity contribution in [2.24, 2.45) is 5.73 Å². The minimum atomic E-state index is -0.844. The van der Waals surface area contributed by atoms with E-state index < -0.39 is 5.54 Å². The molecule has 3 rings (SSSR count). The summed E-state index contributed by atoms with van der Waals surface area (Å²) < 4.78 is 5.26. The molecule has 0 aliphatic carbocycles. The Labute approximate surface area is 145 Å². The maximum Gasteiger partial charge on any atom is 0.246 e. The van der Waals surface area contributed by atoms with Crippen LogP contribution in [0.15, 0.2) is 36.5 Å². The van der Waals surface area contributed by atoms with Crippen molar-refractivity contribution in [2.45, 2.75) is 24.8 Å². The number of rotatable bonds is 4. The van der Waals surface area contributed by atoms with E-state index in [2.05, 4.69) is 22.4 Å². The molecule has 0 bridgehead atoms. The van der Waals surface area contributed by atoms with Gasteiger partial charge in [0, 0.05) is 30.7 Å². The Balaban J connectivity index is 0.00000192. The number of hydrogen-bond acceptors (Lipinski definition) is 5. The number of carbonyl (C=O) groups excluding carboxylic acids is 1. The zero-order valence-electron chi connectivity index (χ0n) is 12.7. The average molecular weight is 354 g/mol. The van der Waals surface area contributed by atoms with E-state index in [-0.39, 0.29) is 18.3 Å². The molecule has 2 aromatic rings. The highest BCUT2D eigenvalue weighted by molar-refractivity contribution is 7.15. The Morgan fingerprint density at radius 2 is 2.00 bits per heavy atom. The van der Waals surface area contributed by atoms with Crippen molar-refractivity contribution in [2.75, 3.05) is 18.5 Å². The standard InChI is InChI=1S/C16H19N3O2S.ClH/c17-16(6-8-21-9-7-16)14(20)19-15-18-11-13(22-15)10-12-4-2-1-3-5-12;/h1-5,11H,6-10,17H2,(H,18,19,20);1H. The lowest BCUT2D eigenvalue weighted by Crippen LogP contribution is -2.54. The molecule has 1 aromatic heterocycles. The molecule has 1 amide bonds. The number of carbonyl (C=O) groups is 1. The number of halogens is 1. The number of aromatic nitrogens is 1. The van der Waals surface area contributed by atoms with Gasteiger partial charge in [0.25, 0.3) is 0 Å². The molecule has 1 aliphatic rings. The highest BCUT2D eigenvalue weighted by Gasteiger charge is 2.36. The molecule has 3 N–H and O–H groups in total. The van der Waals surface area contributed by atoms with Crippen LogP contribution >= 0.6 is 23.7 Å². The number of anilines is 1. The molecule has 1 aliphatic heterocycles. The third kappa shape index (κ3) is 4.51. The van der Waals surface area contributed by atoms with Crippen LogP contribution in [0.25, 0.3) is 0 Å². The number of ether oxygens (including phenoxy) is 1. The monoisotopic (exact) mass is 353 g/mol. The van der Waals surface area contributed by atoms with E-state index in [0.29, 0.717) is 31.2 Å². The van der Waals surface area contributed by atoms with Crippen molar-refractivity contribution in [3.8, 4) is 0 Å². The summed E-state index contributed by atoms with van der Waals surface area (Å²) in [5, 5.41) is 3.45. The number of nitrogens with zero attached hydrogens (tertiary/aromatic N) is 1. The van der Waals surface area contributed by atoms with E-state index in [9.17, 15) is 4.79 Å². The summed E-state index contributed by atoms with van der Waals surface area (Å²) in [5.74, 6) is -0.170. The molecule has 0 saturated carbocycles. The highest BCUT2D eigenvalue weighted by atomic mass is 35.5. The number of amides is 1. The number of benzene rings is 1. The van der Waals surface area contributed by atoms with Crippen LogP contribution in [0.1, 0.15) is 23.3 Å². The minimum absolute atomic E-state index is 0. The summed E-state index contributed by atoms with van der Waals surface area (Å²) in [5.41, 5.74) is 6.55. The van der Waals surface area contributed by atoms with Gasteiger partial charge in [0.2, 0.25) is 5.91 Å². The summed E-state index contributed by atoms with van der Waals surface area (Å²) in [7, 11) is 0. The van der Waals surface area contributed by atoms with Crippen molar-refractivity contribution in [1.82, 2.24) is 4.98 Å². The predicted octanol–water partition coefficient (Wildman–Crippen LogP) is 2.60. The van der Waals surface area contributed by atoms with Gasteiger partial charge in [-0.25, -0.2) is 4.98 Å². The van der Waals surface area contributed by atoms with Crippen molar-refractivity contribution >= 4 is 34.8 Å². The third-order valence-electron chi connectivity index (χ3n) is 3.83. The Morgan fingerprint density at radius 1 is 1.30 bits per heavy atom. The maximum atomic E-state index is 12.3. The van der Waals surface area contributed by atoms with Crippen molar-refractivity contribution in [3.63, 3.8) is 0 Å². The van der Waals surface area contributed by atoms with Gasteiger partial charge in [0.05, 0.1) is 0 Å². The van der Waals surface area contributed by atoms with Crippen LogP contribution in [0.4, 0.5) is 5.13 Å². The smallest absolute Gasteiger partial charge is 0.246 e. The van der Waals surface area contributed by atoms with Crippen LogP contribution in [-0.2, 0) is 16.0 Å². The van der Waals surface area contributed by atoms with Crippen molar-refractivity contribution in [3.05, 3.63) is 47.0 Å². The number of thiazole rings is 1. The maximum absolute atomic E-state index is 12.3. The third-order valence-corrected chi connectivity index (χ3v) is 4.75. The summed E-state index contributed by atoms with van der Waals surface area (Å²) in [6.45, 7) is 1.06. The Morgan fingerprint density at radius 3 is 2.70 bits per heavy atom. The van der Waals surface area contributed by atoms with E-state index in [1.165, 1.54) is 16.9 Å². The predicted molar refractivity (Wildman–Crippen MR) is 94.2 cm³/mol. The van der Waals surface area contributed by atoms with Gasteiger partial charge in [0.1, 0.15) is 5.54 Å². The van der Waals surface area contributed by atoms with Crippen molar-refractivity contribution in [1.29, 1.82) is 0 Å². The molecule has 2 heterocycles. The molecule has 23 heavy (non-hydrogen) atoms. The van der Waals surface area contributed by atoms with Gasteiger partial charge in [-0.15, -0.1) is 23.7 Å². The van der Waals surface area contributed by atoms with E-state index in [0.717, 1.165) is 11.3 Å². The van der Waals surface area contributed by atoms with Crippen LogP contribution in [-0.4, -0.2) is 29.6 Å². The van der Waals surface area contributed by atoms with Crippen molar-refractivity contribution < 1.29 is 9.53 Å². The number of nitrogens with two attached hydrogens (primary N) is 1. The van der Waals surface area contributed by atoms with E-state index in [4.69, 9.17) is 10.5 Å². The normalized spacial score (nSPS) is 16.4. The fourth-order valence-corrected chi connectivity index (χ4v) is 3.27. The summed E-state index contributed by atoms with van der Waals surface area (Å²) in [6.07, 6.45) is 3.71. The van der Waals surface area contributed by atoms with Gasteiger partial charge in [-0.3, -0.25) is 4.79 Å². The first-order valence-electron chi connectivity index (χ1n) is 7.32. The molecular formula is C16H20ClN3O2S. The zero-order chi connectivity index (χ0) is 15.4. The Kier molecular flexibility index (Phi) is 6.12. The second-order valence-corrected chi connectivity index (χ2v) is 6.63. The van der Waals surface area contributed by atoms with Gasteiger partial charge < -0.3 is 15.8 Å². The van der Waals surface area contributed by atoms with Gasteiger partial charge in [-0.2, -0.15) is 0 Å². The lowest BCUT2D eigenvalue weighted by atomic mass is 9.90. The highest BCUT2D eigenvalue weighted by Crippen LogP contribution is 2.24. The second kappa shape index (κ2) is 7.88. The molecule has 5 nitrogen and oxygen atoms in total. The van der Waals surface area contributed by atoms with Crippen LogP contribution in [0.2, 0.25) is 0 Å².